The Balaban J connectivity index is 1.36. The van der Waals surface area contributed by atoms with Crippen molar-refractivity contribution >= 4 is 28.5 Å². The second-order valence-corrected chi connectivity index (χ2v) is 10.5. The third-order valence-electron chi connectivity index (χ3n) is 6.83. The van der Waals surface area contributed by atoms with E-state index in [-0.39, 0.29) is 17.5 Å². The highest BCUT2D eigenvalue weighted by Crippen LogP contribution is 2.39. The molecule has 1 saturated heterocycles. The highest BCUT2D eigenvalue weighted by molar-refractivity contribution is 6.24. The first-order valence-corrected chi connectivity index (χ1v) is 11.6. The van der Waals surface area contributed by atoms with Crippen molar-refractivity contribution in [3.63, 3.8) is 0 Å². The molecule has 1 unspecified atom stereocenters. The zero-order valence-electron chi connectivity index (χ0n) is 20.0. The van der Waals surface area contributed by atoms with E-state index in [1.54, 1.807) is 17.2 Å². The molecule has 2 amide bonds. The molecule has 1 fully saturated rings. The molecule has 0 radical (unpaired) electrons. The van der Waals surface area contributed by atoms with E-state index in [9.17, 15) is 14.7 Å². The van der Waals surface area contributed by atoms with Gasteiger partial charge >= 0.3 is 6.09 Å². The molecule has 5 rings (SSSR count). The number of ether oxygens (including phenoxy) is 1. The Morgan fingerprint density at radius 1 is 1.21 bits per heavy atom. The van der Waals surface area contributed by atoms with Gasteiger partial charge in [-0.1, -0.05) is 18.2 Å². The quantitative estimate of drug-likeness (QED) is 0.600. The molecule has 8 heteroatoms. The van der Waals surface area contributed by atoms with Gasteiger partial charge in [-0.05, 0) is 63.6 Å². The maximum atomic E-state index is 12.4. The van der Waals surface area contributed by atoms with Crippen LogP contribution in [0.5, 0.6) is 0 Å². The number of aromatic nitrogens is 2. The topological polar surface area (TPSA) is 96.7 Å². The van der Waals surface area contributed by atoms with Crippen LogP contribution < -0.4 is 5.32 Å². The van der Waals surface area contributed by atoms with Crippen molar-refractivity contribution in [3.8, 4) is 0 Å². The van der Waals surface area contributed by atoms with E-state index in [0.717, 1.165) is 34.9 Å². The van der Waals surface area contributed by atoms with Crippen LogP contribution in [-0.4, -0.2) is 50.5 Å². The number of carbonyl (C=O) groups is 2. The minimum Gasteiger partial charge on any atom is -0.444 e. The average Bonchev–Trinajstić information content (AvgIpc) is 3.40. The van der Waals surface area contributed by atoms with E-state index in [1.807, 2.05) is 55.9 Å². The molecule has 3 heterocycles. The lowest BCUT2D eigenvalue weighted by molar-refractivity contribution is 0.0120. The van der Waals surface area contributed by atoms with E-state index in [0.29, 0.717) is 24.2 Å². The number of amides is 2. The molecule has 8 nitrogen and oxygen atoms in total. The number of aliphatic hydroxyl groups is 1. The molecule has 0 spiro atoms. The highest BCUT2D eigenvalue weighted by Gasteiger charge is 2.36. The molecule has 0 bridgehead atoms. The van der Waals surface area contributed by atoms with Gasteiger partial charge in [0.05, 0.1) is 11.7 Å². The molecule has 0 aliphatic carbocycles. The smallest absolute Gasteiger partial charge is 0.410 e. The van der Waals surface area contributed by atoms with Crippen LogP contribution in [0.1, 0.15) is 68.1 Å². The van der Waals surface area contributed by atoms with Crippen LogP contribution in [0.4, 0.5) is 10.5 Å². The Kier molecular flexibility index (Phi) is 5.16. The minimum absolute atomic E-state index is 0.120. The summed E-state index contributed by atoms with van der Waals surface area (Å²) in [6.45, 7) is 8.89. The summed E-state index contributed by atoms with van der Waals surface area (Å²) in [6.07, 6.45) is 3.89. The van der Waals surface area contributed by atoms with Gasteiger partial charge in [0.2, 0.25) is 0 Å². The minimum atomic E-state index is -0.876. The average molecular weight is 463 g/mol. The first kappa shape index (κ1) is 22.4. The third-order valence-corrected chi connectivity index (χ3v) is 6.83. The Bertz CT molecular complexity index is 1280. The Labute approximate surface area is 198 Å². The Morgan fingerprint density at radius 2 is 1.94 bits per heavy atom. The number of rotatable bonds is 3. The second-order valence-electron chi connectivity index (χ2n) is 10.5. The molecule has 3 aromatic rings. The number of nitrogens with one attached hydrogen (secondary N) is 1. The van der Waals surface area contributed by atoms with Gasteiger partial charge in [-0.3, -0.25) is 9.48 Å². The number of benzene rings is 2. The first-order chi connectivity index (χ1) is 16.1. The SMILES string of the molecule is CC(C)(C)OC(=O)N1CCC(C)(n2cc(C(O)c3ccc4c5c(cccc35)C(=O)N4)cn2)CC1. The molecule has 2 aliphatic heterocycles. The third kappa shape index (κ3) is 3.81. The van der Waals surface area contributed by atoms with Crippen molar-refractivity contribution in [2.24, 2.45) is 0 Å². The van der Waals surface area contributed by atoms with Gasteiger partial charge in [-0.2, -0.15) is 5.10 Å². The fourth-order valence-electron chi connectivity index (χ4n) is 4.83. The normalized spacial score (nSPS) is 18.1. The van der Waals surface area contributed by atoms with Crippen LogP contribution in [0.25, 0.3) is 10.8 Å². The van der Waals surface area contributed by atoms with Crippen molar-refractivity contribution in [1.29, 1.82) is 0 Å². The molecular weight excluding hydrogens is 432 g/mol. The van der Waals surface area contributed by atoms with Gasteiger partial charge in [0.15, 0.2) is 0 Å². The summed E-state index contributed by atoms with van der Waals surface area (Å²) < 4.78 is 7.41. The largest absolute Gasteiger partial charge is 0.444 e. The molecule has 1 aromatic heterocycles. The molecule has 0 saturated carbocycles. The first-order valence-electron chi connectivity index (χ1n) is 11.6. The summed E-state index contributed by atoms with van der Waals surface area (Å²) in [7, 11) is 0. The second kappa shape index (κ2) is 7.84. The number of likely N-dealkylation sites (tertiary alicyclic amines) is 1. The predicted octanol–water partition coefficient (Wildman–Crippen LogP) is 4.43. The molecule has 34 heavy (non-hydrogen) atoms. The molecule has 1 atom stereocenters. The monoisotopic (exact) mass is 462 g/mol. The van der Waals surface area contributed by atoms with Crippen LogP contribution in [0.3, 0.4) is 0 Å². The fourth-order valence-corrected chi connectivity index (χ4v) is 4.83. The summed E-state index contributed by atoms with van der Waals surface area (Å²) >= 11 is 0. The summed E-state index contributed by atoms with van der Waals surface area (Å²) in [5.74, 6) is -0.120. The molecule has 2 aliphatic rings. The number of nitrogens with zero attached hydrogens (tertiary/aromatic N) is 3. The van der Waals surface area contributed by atoms with E-state index in [2.05, 4.69) is 17.3 Å². The van der Waals surface area contributed by atoms with Crippen molar-refractivity contribution in [1.82, 2.24) is 14.7 Å². The number of hydrogen-bond acceptors (Lipinski definition) is 5. The van der Waals surface area contributed by atoms with Crippen LogP contribution in [0.15, 0.2) is 42.7 Å². The fraction of sp³-hybridized carbons (Fsp3) is 0.423. The number of aliphatic hydroxyl groups excluding tert-OH is 1. The van der Waals surface area contributed by atoms with Crippen LogP contribution in [-0.2, 0) is 10.3 Å². The molecular formula is C26H30N4O4. The van der Waals surface area contributed by atoms with E-state index < -0.39 is 11.7 Å². The summed E-state index contributed by atoms with van der Waals surface area (Å²) in [5.41, 5.74) is 2.04. The van der Waals surface area contributed by atoms with Gasteiger partial charge in [0.1, 0.15) is 11.7 Å². The lowest BCUT2D eigenvalue weighted by atomic mass is 9.90. The summed E-state index contributed by atoms with van der Waals surface area (Å²) in [5, 5.41) is 20.4. The Morgan fingerprint density at radius 3 is 2.65 bits per heavy atom. The van der Waals surface area contributed by atoms with Gasteiger partial charge < -0.3 is 20.1 Å². The summed E-state index contributed by atoms with van der Waals surface area (Å²) in [4.78, 5) is 26.4. The van der Waals surface area contributed by atoms with E-state index >= 15 is 0 Å². The highest BCUT2D eigenvalue weighted by atomic mass is 16.6. The zero-order valence-corrected chi connectivity index (χ0v) is 20.0. The molecule has 2 N–H and O–H groups in total. The van der Waals surface area contributed by atoms with E-state index in [1.165, 1.54) is 0 Å². The van der Waals surface area contributed by atoms with Crippen LogP contribution in [0.2, 0.25) is 0 Å². The lowest BCUT2D eigenvalue weighted by Crippen LogP contribution is -2.48. The lowest BCUT2D eigenvalue weighted by Gasteiger charge is -2.39. The van der Waals surface area contributed by atoms with Gasteiger partial charge in [0, 0.05) is 41.5 Å². The van der Waals surface area contributed by atoms with Gasteiger partial charge in [-0.25, -0.2) is 4.79 Å². The molecule has 178 valence electrons. The zero-order chi connectivity index (χ0) is 24.3. The Hall–Kier alpha value is -3.39. The number of hydrogen-bond donors (Lipinski definition) is 2. The number of carbonyl (C=O) groups excluding carboxylic acids is 2. The van der Waals surface area contributed by atoms with Gasteiger partial charge in [0.25, 0.3) is 5.91 Å². The van der Waals surface area contributed by atoms with Crippen molar-refractivity contribution in [2.45, 2.75) is 57.8 Å². The van der Waals surface area contributed by atoms with E-state index in [4.69, 9.17) is 4.74 Å². The standard InChI is InChI=1S/C26H30N4O4/c1-25(2,3)34-24(33)29-12-10-26(4,11-13-29)30-15-16(14-27-30)22(31)18-8-9-20-21-17(18)6-5-7-19(21)23(32)28-20/h5-9,14-15,22,31H,10-13H2,1-4H3,(H,28,32). The maximum absolute atomic E-state index is 12.4. The number of piperidine rings is 1. The van der Waals surface area contributed by atoms with Crippen molar-refractivity contribution < 1.29 is 19.4 Å². The summed E-state index contributed by atoms with van der Waals surface area (Å²) in [6, 6.07) is 9.26. The predicted molar refractivity (Wildman–Crippen MR) is 129 cm³/mol. The van der Waals surface area contributed by atoms with Crippen molar-refractivity contribution in [2.75, 3.05) is 18.4 Å². The number of anilines is 1. The van der Waals surface area contributed by atoms with Crippen LogP contribution >= 0.6 is 0 Å². The van der Waals surface area contributed by atoms with Crippen LogP contribution in [0, 0.1) is 0 Å². The van der Waals surface area contributed by atoms with Gasteiger partial charge in [-0.15, -0.1) is 0 Å². The molecule has 2 aromatic carbocycles. The maximum Gasteiger partial charge on any atom is 0.410 e. The van der Waals surface area contributed by atoms with Crippen molar-refractivity contribution in [3.05, 3.63) is 59.4 Å².